The van der Waals surface area contributed by atoms with E-state index < -0.39 is 23.8 Å². The van der Waals surface area contributed by atoms with Gasteiger partial charge in [-0.3, -0.25) is 0 Å². The number of ether oxygens (including phenoxy) is 1. The lowest BCUT2D eigenvalue weighted by molar-refractivity contribution is 0.0699. The predicted octanol–water partition coefficient (Wildman–Crippen LogP) is 4.87. The molecule has 8 heteroatoms. The van der Waals surface area contributed by atoms with Gasteiger partial charge in [-0.1, -0.05) is 18.2 Å². The van der Waals surface area contributed by atoms with Gasteiger partial charge in [0.25, 0.3) is 6.43 Å². The van der Waals surface area contributed by atoms with E-state index in [2.05, 4.69) is 20.6 Å². The summed E-state index contributed by atoms with van der Waals surface area (Å²) in [6, 6.07) is 3.50. The van der Waals surface area contributed by atoms with Gasteiger partial charge in [0.1, 0.15) is 11.6 Å². The fraction of sp³-hybridized carbons (Fsp3) is 0.500. The van der Waals surface area contributed by atoms with Gasteiger partial charge in [0.05, 0.1) is 23.5 Å². The van der Waals surface area contributed by atoms with Crippen LogP contribution in [0.25, 0.3) is 0 Å². The van der Waals surface area contributed by atoms with Crippen LogP contribution in [-0.4, -0.2) is 29.7 Å². The summed E-state index contributed by atoms with van der Waals surface area (Å²) >= 11 is 0. The van der Waals surface area contributed by atoms with Gasteiger partial charge in [-0.15, -0.1) is 0 Å². The van der Waals surface area contributed by atoms with Crippen molar-refractivity contribution in [3.8, 4) is 0 Å². The van der Waals surface area contributed by atoms with Gasteiger partial charge >= 0.3 is 0 Å². The van der Waals surface area contributed by atoms with Crippen LogP contribution in [0.4, 0.5) is 24.7 Å². The van der Waals surface area contributed by atoms with Crippen molar-refractivity contribution < 1.29 is 17.9 Å². The summed E-state index contributed by atoms with van der Waals surface area (Å²) in [6.45, 7) is 5.76. The molecule has 5 nitrogen and oxygen atoms in total. The molecule has 2 heterocycles. The number of hydrogen-bond donors (Lipinski definition) is 2. The molecule has 0 bridgehead atoms. The van der Waals surface area contributed by atoms with Crippen LogP contribution >= 0.6 is 0 Å². The number of hydrogen-bond acceptors (Lipinski definition) is 5. The fourth-order valence-corrected chi connectivity index (χ4v) is 3.27. The average Bonchev–Trinajstić information content (AvgIpc) is 2.68. The molecule has 2 aromatic rings. The normalized spacial score (nSPS) is 16.2. The van der Waals surface area contributed by atoms with Gasteiger partial charge in [-0.25, -0.2) is 23.1 Å². The zero-order valence-corrected chi connectivity index (χ0v) is 16.0. The van der Waals surface area contributed by atoms with E-state index in [0.717, 1.165) is 38.7 Å². The highest BCUT2D eigenvalue weighted by Crippen LogP contribution is 2.30. The van der Waals surface area contributed by atoms with Gasteiger partial charge in [0.2, 0.25) is 0 Å². The smallest absolute Gasteiger partial charge is 0.266 e. The van der Waals surface area contributed by atoms with Gasteiger partial charge in [0.15, 0.2) is 5.82 Å². The summed E-state index contributed by atoms with van der Waals surface area (Å²) < 4.78 is 45.8. The quantitative estimate of drug-likeness (QED) is 0.701. The number of nitrogens with one attached hydrogen (secondary N) is 2. The van der Waals surface area contributed by atoms with E-state index in [1.807, 2.05) is 0 Å². The van der Waals surface area contributed by atoms with Crippen LogP contribution in [0.5, 0.6) is 0 Å². The maximum atomic E-state index is 14.5. The van der Waals surface area contributed by atoms with E-state index in [9.17, 15) is 13.2 Å². The van der Waals surface area contributed by atoms with E-state index in [4.69, 9.17) is 4.74 Å². The minimum Gasteiger partial charge on any atom is -0.381 e. The number of rotatable bonds is 7. The first-order chi connectivity index (χ1) is 13.5. The van der Waals surface area contributed by atoms with Crippen LogP contribution < -0.4 is 10.6 Å². The SMILES string of the molecule is Cc1ncc(NCC2CCOCC2)c(N[C@H](C)c2cccc(C(F)F)c2F)n1. The lowest BCUT2D eigenvalue weighted by atomic mass is 10.0. The molecule has 0 unspecified atom stereocenters. The minimum atomic E-state index is -2.86. The molecule has 0 spiro atoms. The average molecular weight is 394 g/mol. The first kappa shape index (κ1) is 20.4. The Morgan fingerprint density at radius 1 is 1.21 bits per heavy atom. The Morgan fingerprint density at radius 2 is 1.93 bits per heavy atom. The van der Waals surface area contributed by atoms with Gasteiger partial charge in [-0.05, 0) is 32.6 Å². The molecule has 152 valence electrons. The molecule has 1 aliphatic rings. The van der Waals surface area contributed by atoms with Crippen LogP contribution in [0.15, 0.2) is 24.4 Å². The Balaban J connectivity index is 1.76. The van der Waals surface area contributed by atoms with Crippen LogP contribution in [0.1, 0.15) is 49.2 Å². The maximum Gasteiger partial charge on any atom is 0.266 e. The van der Waals surface area contributed by atoms with Crippen molar-refractivity contribution in [3.05, 3.63) is 47.2 Å². The summed E-state index contributed by atoms with van der Waals surface area (Å²) in [4.78, 5) is 8.64. The molecule has 1 aromatic carbocycles. The third kappa shape index (κ3) is 4.92. The van der Waals surface area contributed by atoms with Crippen molar-refractivity contribution in [2.24, 2.45) is 5.92 Å². The molecule has 0 radical (unpaired) electrons. The molecule has 2 N–H and O–H groups in total. The second-order valence-corrected chi connectivity index (χ2v) is 7.03. The van der Waals surface area contributed by atoms with Crippen molar-refractivity contribution in [1.82, 2.24) is 9.97 Å². The summed E-state index contributed by atoms with van der Waals surface area (Å²) in [5, 5.41) is 6.49. The summed E-state index contributed by atoms with van der Waals surface area (Å²) in [7, 11) is 0. The molecule has 0 aliphatic carbocycles. The Kier molecular flexibility index (Phi) is 6.72. The van der Waals surface area contributed by atoms with E-state index in [-0.39, 0.29) is 5.56 Å². The van der Waals surface area contributed by atoms with E-state index in [0.29, 0.717) is 23.2 Å². The van der Waals surface area contributed by atoms with Crippen molar-refractivity contribution >= 4 is 11.5 Å². The molecule has 0 amide bonds. The molecular weight excluding hydrogens is 369 g/mol. The lowest BCUT2D eigenvalue weighted by Crippen LogP contribution is -2.23. The van der Waals surface area contributed by atoms with Crippen LogP contribution in [0.2, 0.25) is 0 Å². The standard InChI is InChI=1S/C20H25F3N4O/c1-12(15-4-3-5-16(18(15)21)19(22)23)26-20-17(11-24-13(2)27-20)25-10-14-6-8-28-9-7-14/h3-5,11-12,14,19,25H,6-10H2,1-2H3,(H,24,26,27)/t12-/m1/s1. The van der Waals surface area contributed by atoms with E-state index in [1.54, 1.807) is 20.0 Å². The van der Waals surface area contributed by atoms with Crippen LogP contribution in [0.3, 0.4) is 0 Å². The highest BCUT2D eigenvalue weighted by Gasteiger charge is 2.21. The first-order valence-electron chi connectivity index (χ1n) is 9.44. The second kappa shape index (κ2) is 9.23. The second-order valence-electron chi connectivity index (χ2n) is 7.03. The minimum absolute atomic E-state index is 0.171. The van der Waals surface area contributed by atoms with Crippen molar-refractivity contribution in [1.29, 1.82) is 0 Å². The third-order valence-corrected chi connectivity index (χ3v) is 4.94. The number of nitrogens with zero attached hydrogens (tertiary/aromatic N) is 2. The molecule has 1 aliphatic heterocycles. The molecule has 3 rings (SSSR count). The zero-order chi connectivity index (χ0) is 20.1. The van der Waals surface area contributed by atoms with E-state index in [1.165, 1.54) is 12.1 Å². The largest absolute Gasteiger partial charge is 0.381 e. The van der Waals surface area contributed by atoms with Crippen LogP contribution in [-0.2, 0) is 4.74 Å². The number of aryl methyl sites for hydroxylation is 1. The Morgan fingerprint density at radius 3 is 2.64 bits per heavy atom. The molecule has 1 aromatic heterocycles. The summed E-state index contributed by atoms with van der Waals surface area (Å²) in [6.07, 6.45) is 0.808. The van der Waals surface area contributed by atoms with Crippen molar-refractivity contribution in [3.63, 3.8) is 0 Å². The number of aromatic nitrogens is 2. The van der Waals surface area contributed by atoms with Crippen molar-refractivity contribution in [2.45, 2.75) is 39.2 Å². The van der Waals surface area contributed by atoms with Gasteiger partial charge in [-0.2, -0.15) is 0 Å². The highest BCUT2D eigenvalue weighted by atomic mass is 19.3. The third-order valence-electron chi connectivity index (χ3n) is 4.94. The number of anilines is 2. The molecule has 1 fully saturated rings. The maximum absolute atomic E-state index is 14.5. The number of halogens is 3. The van der Waals surface area contributed by atoms with Crippen LogP contribution in [0, 0.1) is 18.7 Å². The topological polar surface area (TPSA) is 59.1 Å². The Hall–Kier alpha value is -2.35. The molecule has 1 saturated heterocycles. The number of alkyl halides is 2. The molecule has 28 heavy (non-hydrogen) atoms. The van der Waals surface area contributed by atoms with Crippen molar-refractivity contribution in [2.75, 3.05) is 30.4 Å². The number of benzene rings is 1. The summed E-state index contributed by atoms with van der Waals surface area (Å²) in [5.74, 6) is 0.697. The highest BCUT2D eigenvalue weighted by molar-refractivity contribution is 5.63. The van der Waals surface area contributed by atoms with Gasteiger partial charge < -0.3 is 15.4 Å². The molecule has 1 atom stereocenters. The van der Waals surface area contributed by atoms with E-state index >= 15 is 0 Å². The summed E-state index contributed by atoms with van der Waals surface area (Å²) in [5.41, 5.74) is 0.279. The Bertz CT molecular complexity index is 797. The van der Waals surface area contributed by atoms with Gasteiger partial charge in [0, 0.05) is 25.3 Å². The fourth-order valence-electron chi connectivity index (χ4n) is 3.27. The Labute approximate surface area is 162 Å². The molecule has 0 saturated carbocycles. The zero-order valence-electron chi connectivity index (χ0n) is 16.0. The lowest BCUT2D eigenvalue weighted by Gasteiger charge is -2.24. The monoisotopic (exact) mass is 394 g/mol. The molecular formula is C20H25F3N4O. The first-order valence-corrected chi connectivity index (χ1v) is 9.44. The predicted molar refractivity (Wildman–Crippen MR) is 102 cm³/mol.